The Morgan fingerprint density at radius 3 is 2.80 bits per heavy atom. The van der Waals surface area contributed by atoms with E-state index in [1.165, 1.54) is 0 Å². The molecule has 2 rings (SSSR count). The number of benzene rings is 1. The zero-order valence-corrected chi connectivity index (χ0v) is 9.88. The fraction of sp³-hybridized carbons (Fsp3) is 0. The van der Waals surface area contributed by atoms with Crippen LogP contribution in [0.3, 0.4) is 0 Å². The maximum atomic E-state index is 11.8. The predicted octanol–water partition coefficient (Wildman–Crippen LogP) is 2.11. The maximum absolute atomic E-state index is 11.8. The SMILES string of the molecule is Nc1nnc(C(=O)c2cccc(Br)c2)s1. The van der Waals surface area contributed by atoms with Crippen molar-refractivity contribution < 1.29 is 4.79 Å². The molecule has 0 saturated heterocycles. The Bertz CT molecular complexity index is 512. The first-order chi connectivity index (χ1) is 7.16. The van der Waals surface area contributed by atoms with Gasteiger partial charge in [-0.1, -0.05) is 39.4 Å². The lowest BCUT2D eigenvalue weighted by Crippen LogP contribution is -2.00. The Morgan fingerprint density at radius 1 is 1.40 bits per heavy atom. The highest BCUT2D eigenvalue weighted by Crippen LogP contribution is 2.18. The summed E-state index contributed by atoms with van der Waals surface area (Å²) in [4.78, 5) is 11.8. The van der Waals surface area contributed by atoms with E-state index in [0.717, 1.165) is 15.8 Å². The summed E-state index contributed by atoms with van der Waals surface area (Å²) in [6, 6.07) is 7.11. The van der Waals surface area contributed by atoms with Crippen molar-refractivity contribution in [3.8, 4) is 0 Å². The van der Waals surface area contributed by atoms with Crippen LogP contribution >= 0.6 is 27.3 Å². The maximum Gasteiger partial charge on any atom is 0.223 e. The second kappa shape index (κ2) is 4.08. The number of halogens is 1. The van der Waals surface area contributed by atoms with Gasteiger partial charge in [0.25, 0.3) is 0 Å². The molecule has 1 heterocycles. The lowest BCUT2D eigenvalue weighted by atomic mass is 10.1. The van der Waals surface area contributed by atoms with Gasteiger partial charge in [0, 0.05) is 10.0 Å². The van der Waals surface area contributed by atoms with Crippen LogP contribution in [0.15, 0.2) is 28.7 Å². The molecule has 1 aromatic heterocycles. The summed E-state index contributed by atoms with van der Waals surface area (Å²) in [5.41, 5.74) is 5.98. The van der Waals surface area contributed by atoms with E-state index in [-0.39, 0.29) is 5.78 Å². The summed E-state index contributed by atoms with van der Waals surface area (Å²) in [7, 11) is 0. The minimum Gasteiger partial charge on any atom is -0.374 e. The highest BCUT2D eigenvalue weighted by atomic mass is 79.9. The van der Waals surface area contributed by atoms with Crippen LogP contribution < -0.4 is 5.73 Å². The number of hydrogen-bond donors (Lipinski definition) is 1. The van der Waals surface area contributed by atoms with E-state index in [1.54, 1.807) is 18.2 Å². The van der Waals surface area contributed by atoms with Gasteiger partial charge in [0.05, 0.1) is 0 Å². The van der Waals surface area contributed by atoms with Crippen molar-refractivity contribution in [3.05, 3.63) is 39.3 Å². The molecule has 0 saturated carbocycles. The molecule has 0 unspecified atom stereocenters. The molecular formula is C9H6BrN3OS. The molecule has 0 spiro atoms. The van der Waals surface area contributed by atoms with Crippen LogP contribution in [0, 0.1) is 0 Å². The second-order valence-corrected chi connectivity index (χ2v) is 4.71. The van der Waals surface area contributed by atoms with E-state index in [1.807, 2.05) is 6.07 Å². The molecule has 0 amide bonds. The van der Waals surface area contributed by atoms with Gasteiger partial charge in [0.2, 0.25) is 10.9 Å². The number of carbonyl (C=O) groups excluding carboxylic acids is 1. The van der Waals surface area contributed by atoms with Crippen LogP contribution in [0.5, 0.6) is 0 Å². The molecule has 0 aliphatic rings. The third-order valence-corrected chi connectivity index (χ3v) is 2.97. The summed E-state index contributed by atoms with van der Waals surface area (Å²) in [5.74, 6) is -0.162. The number of nitrogens with zero attached hydrogens (tertiary/aromatic N) is 2. The quantitative estimate of drug-likeness (QED) is 0.857. The van der Waals surface area contributed by atoms with Crippen molar-refractivity contribution in [3.63, 3.8) is 0 Å². The number of nitrogens with two attached hydrogens (primary N) is 1. The molecule has 0 aliphatic heterocycles. The number of nitrogen functional groups attached to an aromatic ring is 1. The Morgan fingerprint density at radius 2 is 2.20 bits per heavy atom. The number of anilines is 1. The number of carbonyl (C=O) groups is 1. The number of rotatable bonds is 2. The van der Waals surface area contributed by atoms with Crippen molar-refractivity contribution >= 4 is 38.2 Å². The monoisotopic (exact) mass is 283 g/mol. The Balaban J connectivity index is 2.36. The molecular weight excluding hydrogens is 278 g/mol. The van der Waals surface area contributed by atoms with Crippen LogP contribution in [-0.2, 0) is 0 Å². The summed E-state index contributed by atoms with van der Waals surface area (Å²) in [6.45, 7) is 0. The first-order valence-corrected chi connectivity index (χ1v) is 5.67. The number of aromatic nitrogens is 2. The molecule has 0 radical (unpaired) electrons. The standard InChI is InChI=1S/C9H6BrN3OS/c10-6-3-1-2-5(4-6)7(14)8-12-13-9(11)15-8/h1-4H,(H2,11,13). The molecule has 0 bridgehead atoms. The first-order valence-electron chi connectivity index (χ1n) is 4.06. The molecule has 2 N–H and O–H groups in total. The fourth-order valence-corrected chi connectivity index (χ4v) is 2.05. The van der Waals surface area contributed by atoms with Gasteiger partial charge in [-0.2, -0.15) is 0 Å². The van der Waals surface area contributed by atoms with Gasteiger partial charge in [-0.3, -0.25) is 4.79 Å². The van der Waals surface area contributed by atoms with E-state index < -0.39 is 0 Å². The third-order valence-electron chi connectivity index (χ3n) is 1.72. The fourth-order valence-electron chi connectivity index (χ4n) is 1.08. The molecule has 6 heteroatoms. The molecule has 0 fully saturated rings. The Labute approximate surface area is 98.3 Å². The van der Waals surface area contributed by atoms with Gasteiger partial charge in [-0.15, -0.1) is 10.2 Å². The van der Waals surface area contributed by atoms with E-state index in [2.05, 4.69) is 26.1 Å². The van der Waals surface area contributed by atoms with Crippen molar-refractivity contribution in [2.24, 2.45) is 0 Å². The second-order valence-electron chi connectivity index (χ2n) is 2.78. The lowest BCUT2D eigenvalue weighted by molar-refractivity contribution is 0.103. The number of hydrogen-bond acceptors (Lipinski definition) is 5. The van der Waals surface area contributed by atoms with Gasteiger partial charge < -0.3 is 5.73 Å². The summed E-state index contributed by atoms with van der Waals surface area (Å²) in [6.07, 6.45) is 0. The molecule has 0 aliphatic carbocycles. The molecule has 2 aromatic rings. The summed E-state index contributed by atoms with van der Waals surface area (Å²) in [5, 5.41) is 7.91. The summed E-state index contributed by atoms with van der Waals surface area (Å²) >= 11 is 4.39. The molecule has 1 aromatic carbocycles. The first kappa shape index (κ1) is 10.3. The normalized spacial score (nSPS) is 10.2. The molecule has 4 nitrogen and oxygen atoms in total. The van der Waals surface area contributed by atoms with Crippen molar-refractivity contribution in [2.45, 2.75) is 0 Å². The van der Waals surface area contributed by atoms with Crippen molar-refractivity contribution in [1.29, 1.82) is 0 Å². The highest BCUT2D eigenvalue weighted by molar-refractivity contribution is 9.10. The van der Waals surface area contributed by atoms with Gasteiger partial charge >= 0.3 is 0 Å². The Kier molecular flexibility index (Phi) is 2.79. The molecule has 15 heavy (non-hydrogen) atoms. The zero-order valence-electron chi connectivity index (χ0n) is 7.48. The van der Waals surface area contributed by atoms with Gasteiger partial charge in [0.15, 0.2) is 5.01 Å². The highest BCUT2D eigenvalue weighted by Gasteiger charge is 2.13. The smallest absolute Gasteiger partial charge is 0.223 e. The van der Waals surface area contributed by atoms with Gasteiger partial charge in [-0.05, 0) is 12.1 Å². The average molecular weight is 284 g/mol. The topological polar surface area (TPSA) is 68.9 Å². The van der Waals surface area contributed by atoms with E-state index in [4.69, 9.17) is 5.73 Å². The zero-order chi connectivity index (χ0) is 10.8. The lowest BCUT2D eigenvalue weighted by Gasteiger charge is -1.96. The Hall–Kier alpha value is -1.27. The van der Waals surface area contributed by atoms with Crippen LogP contribution in [0.2, 0.25) is 0 Å². The van der Waals surface area contributed by atoms with Gasteiger partial charge in [-0.25, -0.2) is 0 Å². The minimum absolute atomic E-state index is 0.162. The van der Waals surface area contributed by atoms with E-state index >= 15 is 0 Å². The van der Waals surface area contributed by atoms with Crippen LogP contribution in [0.25, 0.3) is 0 Å². The van der Waals surface area contributed by atoms with Crippen LogP contribution in [-0.4, -0.2) is 16.0 Å². The largest absolute Gasteiger partial charge is 0.374 e. The van der Waals surface area contributed by atoms with Gasteiger partial charge in [0.1, 0.15) is 0 Å². The van der Waals surface area contributed by atoms with E-state index in [9.17, 15) is 4.79 Å². The van der Waals surface area contributed by atoms with Crippen molar-refractivity contribution in [2.75, 3.05) is 5.73 Å². The summed E-state index contributed by atoms with van der Waals surface area (Å²) < 4.78 is 0.853. The predicted molar refractivity (Wildman–Crippen MR) is 61.9 cm³/mol. The minimum atomic E-state index is -0.162. The number of ketones is 1. The van der Waals surface area contributed by atoms with Crippen molar-refractivity contribution in [1.82, 2.24) is 10.2 Å². The molecule has 0 atom stereocenters. The van der Waals surface area contributed by atoms with Crippen LogP contribution in [0.1, 0.15) is 15.4 Å². The van der Waals surface area contributed by atoms with E-state index in [0.29, 0.717) is 15.7 Å². The molecule has 76 valence electrons. The third kappa shape index (κ3) is 2.21. The average Bonchev–Trinajstić information content (AvgIpc) is 2.64. The van der Waals surface area contributed by atoms with Crippen LogP contribution in [0.4, 0.5) is 5.13 Å².